The van der Waals surface area contributed by atoms with Gasteiger partial charge in [0.15, 0.2) is 5.78 Å². The summed E-state index contributed by atoms with van der Waals surface area (Å²) in [7, 11) is 0. The monoisotopic (exact) mass is 374 g/mol. The maximum Gasteiger partial charge on any atom is 0.290 e. The van der Waals surface area contributed by atoms with E-state index in [0.717, 1.165) is 24.8 Å². The highest BCUT2D eigenvalue weighted by molar-refractivity contribution is 6.31. The lowest BCUT2D eigenvalue weighted by atomic mass is 9.38. The van der Waals surface area contributed by atoms with Crippen molar-refractivity contribution < 1.29 is 18.8 Å². The van der Waals surface area contributed by atoms with Crippen LogP contribution in [0.25, 0.3) is 0 Å². The van der Waals surface area contributed by atoms with Crippen molar-refractivity contribution in [2.24, 2.45) is 5.41 Å². The van der Waals surface area contributed by atoms with E-state index in [-0.39, 0.29) is 35.0 Å². The zero-order chi connectivity index (χ0) is 18.4. The van der Waals surface area contributed by atoms with E-state index in [1.165, 1.54) is 12.3 Å². The number of hydrogen-bond acceptors (Lipinski definition) is 5. The molecule has 0 radical (unpaired) electrons. The molecule has 1 aromatic carbocycles. The number of hydrogen-bond donors (Lipinski definition) is 1. The number of Topliss-reactive ketones (excluding diaryl/α,β-unsaturated/α-hetero) is 1. The number of rotatable bonds is 7. The Balaban J connectivity index is 1.23. The maximum atomic E-state index is 12.3. The van der Waals surface area contributed by atoms with Crippen LogP contribution in [0.1, 0.15) is 41.8 Å². The predicted molar refractivity (Wildman–Crippen MR) is 94.3 cm³/mol. The molecule has 2 aromatic rings. The minimum absolute atomic E-state index is 0.0189. The number of carbonyl (C=O) groups excluding carboxylic acids is 2. The molecule has 26 heavy (non-hydrogen) atoms. The number of aromatic nitrogens is 1. The Kier molecular flexibility index (Phi) is 4.03. The van der Waals surface area contributed by atoms with Gasteiger partial charge >= 0.3 is 0 Å². The Bertz CT molecular complexity index is 843. The molecule has 1 amide bonds. The third-order valence-electron chi connectivity index (χ3n) is 5.28. The minimum Gasteiger partial charge on any atom is -0.486 e. The molecule has 0 unspecified atom stereocenters. The molecule has 3 fully saturated rings. The van der Waals surface area contributed by atoms with Gasteiger partial charge in [-0.1, -0.05) is 16.8 Å². The molecule has 3 aliphatic rings. The van der Waals surface area contributed by atoms with Gasteiger partial charge in [0.05, 0.1) is 6.20 Å². The number of nitrogens with zero attached hydrogens (tertiary/aromatic N) is 1. The lowest BCUT2D eigenvalue weighted by Gasteiger charge is -2.70. The average Bonchev–Trinajstić information content (AvgIpc) is 3.07. The molecule has 0 atom stereocenters. The number of aryl methyl sites for hydroxylation is 1. The zero-order valence-electron chi connectivity index (χ0n) is 14.4. The van der Waals surface area contributed by atoms with Gasteiger partial charge < -0.3 is 14.6 Å². The predicted octanol–water partition coefficient (Wildman–Crippen LogP) is 3.33. The van der Waals surface area contributed by atoms with Crippen molar-refractivity contribution in [3.63, 3.8) is 0 Å². The Labute approximate surface area is 155 Å². The van der Waals surface area contributed by atoms with Crippen molar-refractivity contribution in [2.75, 3.05) is 6.61 Å². The summed E-state index contributed by atoms with van der Waals surface area (Å²) in [6.07, 6.45) is 4.40. The molecule has 5 rings (SSSR count). The number of halogens is 1. The first-order valence-electron chi connectivity index (χ1n) is 8.53. The molecule has 0 spiro atoms. The smallest absolute Gasteiger partial charge is 0.290 e. The first-order chi connectivity index (χ1) is 12.4. The minimum atomic E-state index is -0.247. The molecule has 6 nitrogen and oxygen atoms in total. The molecule has 7 heteroatoms. The van der Waals surface area contributed by atoms with E-state index in [2.05, 4.69) is 10.5 Å². The van der Waals surface area contributed by atoms with Crippen molar-refractivity contribution in [2.45, 2.75) is 38.1 Å². The largest absolute Gasteiger partial charge is 0.486 e. The lowest BCUT2D eigenvalue weighted by molar-refractivity contribution is -0.162. The number of nitrogens with one attached hydrogen (secondary N) is 1. The highest BCUT2D eigenvalue weighted by atomic mass is 35.5. The van der Waals surface area contributed by atoms with E-state index in [0.29, 0.717) is 17.2 Å². The van der Waals surface area contributed by atoms with E-state index in [1.54, 1.807) is 12.1 Å². The summed E-state index contributed by atoms with van der Waals surface area (Å²) in [4.78, 5) is 24.3. The van der Waals surface area contributed by atoms with Crippen LogP contribution in [-0.4, -0.2) is 29.0 Å². The van der Waals surface area contributed by atoms with E-state index >= 15 is 0 Å². The van der Waals surface area contributed by atoms with Crippen LogP contribution in [0.3, 0.4) is 0 Å². The molecule has 136 valence electrons. The molecule has 1 N–H and O–H groups in total. The van der Waals surface area contributed by atoms with Crippen LogP contribution in [0.5, 0.6) is 5.75 Å². The summed E-state index contributed by atoms with van der Waals surface area (Å²) in [6.45, 7) is 1.95. The number of ether oxygens (including phenoxy) is 1. The van der Waals surface area contributed by atoms with Crippen molar-refractivity contribution in [3.05, 3.63) is 46.8 Å². The first kappa shape index (κ1) is 17.1. The highest BCUT2D eigenvalue weighted by Crippen LogP contribution is 2.69. The van der Waals surface area contributed by atoms with Gasteiger partial charge in [-0.2, -0.15) is 0 Å². The maximum absolute atomic E-state index is 12.3. The molecule has 1 aromatic heterocycles. The van der Waals surface area contributed by atoms with Crippen LogP contribution in [0.15, 0.2) is 35.0 Å². The second kappa shape index (κ2) is 6.13. The van der Waals surface area contributed by atoms with E-state index in [9.17, 15) is 9.59 Å². The average molecular weight is 375 g/mol. The summed E-state index contributed by atoms with van der Waals surface area (Å²) >= 11 is 5.98. The number of benzene rings is 1. The summed E-state index contributed by atoms with van der Waals surface area (Å²) < 4.78 is 10.4. The standard InChI is InChI=1S/C19H19ClN2O4/c1-12-6-14(2-3-15(12)20)25-8-13(23)7-18-9-19(10-18,11-18)22-17(24)16-4-5-21-26-16/h2-6H,7-11H2,1H3,(H,22,24). The normalized spacial score (nSPS) is 25.8. The second-order valence-electron chi connectivity index (χ2n) is 7.56. The molecule has 2 bridgehead atoms. The molecule has 0 saturated heterocycles. The van der Waals surface area contributed by atoms with Gasteiger partial charge in [-0.25, -0.2) is 0 Å². The lowest BCUT2D eigenvalue weighted by Crippen LogP contribution is -2.75. The molecule has 0 aliphatic heterocycles. The number of carbonyl (C=O) groups is 2. The fourth-order valence-corrected chi connectivity index (χ4v) is 4.41. The summed E-state index contributed by atoms with van der Waals surface area (Å²) in [5.41, 5.74) is 0.754. The number of amides is 1. The fourth-order valence-electron chi connectivity index (χ4n) is 4.29. The fraction of sp³-hybridized carbons (Fsp3) is 0.421. The van der Waals surface area contributed by atoms with Gasteiger partial charge in [0.25, 0.3) is 5.91 Å². The van der Waals surface area contributed by atoms with Gasteiger partial charge in [-0.05, 0) is 55.4 Å². The van der Waals surface area contributed by atoms with Crippen molar-refractivity contribution >= 4 is 23.3 Å². The quantitative estimate of drug-likeness (QED) is 0.803. The van der Waals surface area contributed by atoms with Crippen LogP contribution >= 0.6 is 11.6 Å². The molecular weight excluding hydrogens is 356 g/mol. The van der Waals surface area contributed by atoms with Crippen molar-refractivity contribution in [1.29, 1.82) is 0 Å². The SMILES string of the molecule is Cc1cc(OCC(=O)CC23CC(NC(=O)c4ccno4)(C2)C3)ccc1Cl. The first-order valence-corrected chi connectivity index (χ1v) is 8.90. The van der Waals surface area contributed by atoms with Crippen LogP contribution in [0, 0.1) is 12.3 Å². The summed E-state index contributed by atoms with van der Waals surface area (Å²) in [5, 5.41) is 7.21. The van der Waals surface area contributed by atoms with Gasteiger partial charge in [-0.3, -0.25) is 9.59 Å². The van der Waals surface area contributed by atoms with Gasteiger partial charge in [0.2, 0.25) is 5.76 Å². The van der Waals surface area contributed by atoms with Gasteiger partial charge in [0.1, 0.15) is 12.4 Å². The Morgan fingerprint density at radius 1 is 1.31 bits per heavy atom. The topological polar surface area (TPSA) is 81.4 Å². The third-order valence-corrected chi connectivity index (χ3v) is 5.71. The zero-order valence-corrected chi connectivity index (χ0v) is 15.1. The van der Waals surface area contributed by atoms with Crippen LogP contribution < -0.4 is 10.1 Å². The summed E-state index contributed by atoms with van der Waals surface area (Å²) in [6, 6.07) is 6.89. The molecule has 1 heterocycles. The van der Waals surface area contributed by atoms with Gasteiger partial charge in [0, 0.05) is 23.0 Å². The Morgan fingerprint density at radius 2 is 2.08 bits per heavy atom. The Hall–Kier alpha value is -2.34. The number of ketones is 1. The van der Waals surface area contributed by atoms with Crippen molar-refractivity contribution in [3.8, 4) is 5.75 Å². The molecule has 3 saturated carbocycles. The molecule has 3 aliphatic carbocycles. The van der Waals surface area contributed by atoms with E-state index < -0.39 is 0 Å². The van der Waals surface area contributed by atoms with Crippen LogP contribution in [-0.2, 0) is 4.79 Å². The molecular formula is C19H19ClN2O4. The van der Waals surface area contributed by atoms with E-state index in [1.807, 2.05) is 13.0 Å². The third kappa shape index (κ3) is 3.09. The summed E-state index contributed by atoms with van der Waals surface area (Å²) in [5.74, 6) is 0.691. The highest BCUT2D eigenvalue weighted by Gasteiger charge is 2.68. The second-order valence-corrected chi connectivity index (χ2v) is 7.96. The van der Waals surface area contributed by atoms with Crippen molar-refractivity contribution in [1.82, 2.24) is 10.5 Å². The van der Waals surface area contributed by atoms with Crippen LogP contribution in [0.4, 0.5) is 0 Å². The Morgan fingerprint density at radius 3 is 2.73 bits per heavy atom. The van der Waals surface area contributed by atoms with Gasteiger partial charge in [-0.15, -0.1) is 0 Å². The van der Waals surface area contributed by atoms with E-state index in [4.69, 9.17) is 20.9 Å². The van der Waals surface area contributed by atoms with Crippen LogP contribution in [0.2, 0.25) is 5.02 Å².